The number of likely N-dealkylation sites (tertiary alicyclic amines) is 2. The molecule has 4 rings (SSSR count). The zero-order valence-electron chi connectivity index (χ0n) is 24.6. The Labute approximate surface area is 245 Å². The number of hydrogen-bond donors (Lipinski definition) is 4. The number of rotatable bonds is 8. The van der Waals surface area contributed by atoms with Gasteiger partial charge in [0.25, 0.3) is 11.8 Å². The van der Waals surface area contributed by atoms with Crippen LogP contribution in [0, 0.1) is 28.6 Å². The molecule has 0 spiro atoms. The highest BCUT2D eigenvalue weighted by Gasteiger charge is 2.70. The van der Waals surface area contributed by atoms with Gasteiger partial charge in [0, 0.05) is 19.0 Å². The van der Waals surface area contributed by atoms with E-state index in [1.54, 1.807) is 5.32 Å². The molecule has 0 bridgehead atoms. The number of nitrogens with zero attached hydrogens (tertiary/aromatic N) is 2. The molecule has 3 aliphatic heterocycles. The fourth-order valence-corrected chi connectivity index (χ4v) is 6.58. The summed E-state index contributed by atoms with van der Waals surface area (Å²) in [4.78, 5) is 66.4. The van der Waals surface area contributed by atoms with Gasteiger partial charge >= 0.3 is 12.1 Å². The fraction of sp³-hybridized carbons (Fsp3) is 0.815. The van der Waals surface area contributed by atoms with Crippen LogP contribution in [0.3, 0.4) is 0 Å². The molecule has 3 saturated heterocycles. The van der Waals surface area contributed by atoms with E-state index in [0.29, 0.717) is 13.0 Å². The number of fused-ring (bicyclic) bond motifs is 1. The Morgan fingerprint density at radius 3 is 2.16 bits per heavy atom. The molecular weight excluding hydrogens is 585 g/mol. The van der Waals surface area contributed by atoms with Crippen LogP contribution < -0.4 is 16.0 Å². The molecule has 1 saturated carbocycles. The number of hydrogen-bond acceptors (Lipinski definition) is 6. The van der Waals surface area contributed by atoms with Crippen molar-refractivity contribution >= 4 is 29.5 Å². The third-order valence-electron chi connectivity index (χ3n) is 9.23. The zero-order valence-corrected chi connectivity index (χ0v) is 24.6. The summed E-state index contributed by atoms with van der Waals surface area (Å²) in [5.74, 6) is -9.87. The maximum Gasteiger partial charge on any atom is 0.471 e. The number of alkyl halides is 5. The predicted molar refractivity (Wildman–Crippen MR) is 139 cm³/mol. The summed E-state index contributed by atoms with van der Waals surface area (Å²) in [5.41, 5.74) is -1.61. The van der Waals surface area contributed by atoms with Gasteiger partial charge < -0.3 is 30.9 Å². The monoisotopic (exact) mass is 623 g/mol. The topological polar surface area (TPSA) is 148 Å². The minimum absolute atomic E-state index is 0.0170. The van der Waals surface area contributed by atoms with E-state index in [4.69, 9.17) is 0 Å². The van der Waals surface area contributed by atoms with Crippen molar-refractivity contribution in [3.63, 3.8) is 0 Å². The molecule has 4 aliphatic rings. The van der Waals surface area contributed by atoms with Crippen LogP contribution in [0.5, 0.6) is 0 Å². The largest absolute Gasteiger partial charge is 0.471 e. The van der Waals surface area contributed by atoms with Crippen molar-refractivity contribution in [2.24, 2.45) is 28.6 Å². The summed E-state index contributed by atoms with van der Waals surface area (Å²) in [7, 11) is 0. The highest BCUT2D eigenvalue weighted by Crippen LogP contribution is 2.65. The van der Waals surface area contributed by atoms with Crippen LogP contribution >= 0.6 is 0 Å². The van der Waals surface area contributed by atoms with Crippen LogP contribution in [-0.4, -0.2) is 107 Å². The number of nitrogens with one attached hydrogen (secondary N) is 3. The number of carbonyl (C=O) groups excluding carboxylic acids is 5. The van der Waals surface area contributed by atoms with Gasteiger partial charge in [0.2, 0.25) is 17.7 Å². The van der Waals surface area contributed by atoms with E-state index in [-0.39, 0.29) is 24.8 Å². The highest BCUT2D eigenvalue weighted by atomic mass is 19.4. The van der Waals surface area contributed by atoms with Gasteiger partial charge in [-0.3, -0.25) is 24.0 Å². The molecule has 7 atom stereocenters. The van der Waals surface area contributed by atoms with Crippen LogP contribution in [0.15, 0.2) is 0 Å². The number of halogens is 5. The molecule has 0 aromatic rings. The summed E-state index contributed by atoms with van der Waals surface area (Å²) in [6.07, 6.45) is -7.08. The first-order chi connectivity index (χ1) is 19.6. The minimum atomic E-state index is -5.25. The molecule has 1 aliphatic carbocycles. The van der Waals surface area contributed by atoms with Crippen LogP contribution in [0.25, 0.3) is 0 Å². The van der Waals surface area contributed by atoms with Crippen LogP contribution in [0.2, 0.25) is 0 Å². The first-order valence-corrected chi connectivity index (χ1v) is 14.2. The van der Waals surface area contributed by atoms with E-state index in [0.717, 1.165) is 9.80 Å². The molecule has 0 radical (unpaired) electrons. The third kappa shape index (κ3) is 6.43. The van der Waals surface area contributed by atoms with E-state index < -0.39 is 95.7 Å². The molecule has 4 N–H and O–H groups in total. The second kappa shape index (κ2) is 10.8. The maximum absolute atomic E-state index is 13.9. The Bertz CT molecular complexity index is 1180. The van der Waals surface area contributed by atoms with Crippen LogP contribution in [0.1, 0.15) is 47.5 Å². The van der Waals surface area contributed by atoms with Gasteiger partial charge in [-0.2, -0.15) is 13.2 Å². The highest BCUT2D eigenvalue weighted by molar-refractivity contribution is 5.95. The van der Waals surface area contributed by atoms with Gasteiger partial charge in [0.1, 0.15) is 12.1 Å². The second-order valence-corrected chi connectivity index (χ2v) is 13.8. The number of aliphatic hydroxyl groups excluding tert-OH is 1. The normalized spacial score (nSPS) is 29.5. The van der Waals surface area contributed by atoms with E-state index in [2.05, 4.69) is 10.6 Å². The van der Waals surface area contributed by atoms with E-state index in [1.807, 2.05) is 13.8 Å². The average Bonchev–Trinajstić information content (AvgIpc) is 3.21. The molecule has 43 heavy (non-hydrogen) atoms. The number of piperidine rings is 1. The lowest BCUT2D eigenvalue weighted by atomic mass is 9.85. The zero-order chi connectivity index (χ0) is 32.4. The van der Waals surface area contributed by atoms with E-state index in [1.165, 1.54) is 20.8 Å². The summed E-state index contributed by atoms with van der Waals surface area (Å²) < 4.78 is 66.1. The van der Waals surface area contributed by atoms with Gasteiger partial charge in [-0.15, -0.1) is 0 Å². The molecule has 242 valence electrons. The molecule has 0 aromatic heterocycles. The molecule has 3 heterocycles. The molecule has 16 heteroatoms. The van der Waals surface area contributed by atoms with Crippen molar-refractivity contribution in [2.75, 3.05) is 26.2 Å². The Morgan fingerprint density at radius 1 is 1.07 bits per heavy atom. The second-order valence-electron chi connectivity index (χ2n) is 13.8. The molecule has 1 unspecified atom stereocenters. The molecule has 0 aromatic carbocycles. The van der Waals surface area contributed by atoms with Crippen LogP contribution in [0.4, 0.5) is 22.0 Å². The Hall–Kier alpha value is -3.04. The number of aliphatic hydroxyl groups is 1. The van der Waals surface area contributed by atoms with Crippen molar-refractivity contribution < 1.29 is 51.0 Å². The van der Waals surface area contributed by atoms with E-state index in [9.17, 15) is 51.0 Å². The van der Waals surface area contributed by atoms with Gasteiger partial charge in [-0.05, 0) is 35.5 Å². The van der Waals surface area contributed by atoms with Crippen molar-refractivity contribution in [3.8, 4) is 0 Å². The standard InChI is InChI=1S/C27H38F5N5O6/c1-24(2,3)18(35-23(43)27(30,31)32)22(42)37-9-13-15(25(13,4)5)16(37)20(40)34-14(8-12-6-7-33-19(12)39)17(38)21(41)36-10-26(28,29)11-36/h12-18,38H,6-11H2,1-5H3,(H,33,39)(H,34,40)(H,35,43)/t12-,13-,14-,15-,16-,17?,18+/m0/s1. The lowest BCUT2D eigenvalue weighted by molar-refractivity contribution is -0.176. The molecule has 5 amide bonds. The average molecular weight is 624 g/mol. The fourth-order valence-electron chi connectivity index (χ4n) is 6.58. The van der Waals surface area contributed by atoms with Crippen molar-refractivity contribution in [1.82, 2.24) is 25.8 Å². The summed E-state index contributed by atoms with van der Waals surface area (Å²) in [6, 6.07) is -4.25. The number of amides is 5. The SMILES string of the molecule is CC(C)(C)[C@H](NC(=O)C(F)(F)F)C(=O)N1C[C@H]2[C@@H]([C@H]1C(=O)N[C@@H](C[C@@H]1CCNC1=O)C(O)C(=O)N1CC(F)(F)C1)C2(C)C. The lowest BCUT2D eigenvalue weighted by Gasteiger charge is -2.41. The Balaban J connectivity index is 1.58. The summed E-state index contributed by atoms with van der Waals surface area (Å²) >= 11 is 0. The first-order valence-electron chi connectivity index (χ1n) is 14.2. The quantitative estimate of drug-likeness (QED) is 0.288. The third-order valence-corrected chi connectivity index (χ3v) is 9.23. The van der Waals surface area contributed by atoms with Crippen molar-refractivity contribution in [1.29, 1.82) is 0 Å². The molecular formula is C27H38F5N5O6. The maximum atomic E-state index is 13.9. The molecule has 4 fully saturated rings. The first kappa shape index (κ1) is 32.9. The number of carbonyl (C=O) groups is 5. The Morgan fingerprint density at radius 2 is 1.67 bits per heavy atom. The smallest absolute Gasteiger partial charge is 0.381 e. The molecule has 11 nitrogen and oxygen atoms in total. The van der Waals surface area contributed by atoms with Gasteiger partial charge in [-0.25, -0.2) is 8.78 Å². The van der Waals surface area contributed by atoms with Gasteiger partial charge in [-0.1, -0.05) is 34.6 Å². The summed E-state index contributed by atoms with van der Waals surface area (Å²) in [6.45, 7) is 6.64. The minimum Gasteiger partial charge on any atom is -0.381 e. The Kier molecular flexibility index (Phi) is 8.29. The summed E-state index contributed by atoms with van der Waals surface area (Å²) in [5, 5.41) is 17.9. The van der Waals surface area contributed by atoms with Crippen molar-refractivity contribution in [2.45, 2.75) is 83.8 Å². The lowest BCUT2D eigenvalue weighted by Crippen LogP contribution is -2.64. The van der Waals surface area contributed by atoms with Crippen molar-refractivity contribution in [3.05, 3.63) is 0 Å². The van der Waals surface area contributed by atoms with Gasteiger partial charge in [0.15, 0.2) is 6.10 Å². The van der Waals surface area contributed by atoms with E-state index >= 15 is 0 Å². The van der Waals surface area contributed by atoms with Gasteiger partial charge in [0.05, 0.1) is 19.1 Å². The van der Waals surface area contributed by atoms with Crippen LogP contribution in [-0.2, 0) is 24.0 Å². The predicted octanol–water partition coefficient (Wildman–Crippen LogP) is 0.412.